The van der Waals surface area contributed by atoms with Gasteiger partial charge in [0.05, 0.1) is 13.0 Å². The van der Waals surface area contributed by atoms with Crippen molar-refractivity contribution in [1.82, 2.24) is 0 Å². The van der Waals surface area contributed by atoms with Gasteiger partial charge in [0.15, 0.2) is 0 Å². The van der Waals surface area contributed by atoms with Crippen molar-refractivity contribution in [2.45, 2.75) is 13.0 Å². The fraction of sp³-hybridized carbons (Fsp3) is 0.133. The van der Waals surface area contributed by atoms with E-state index < -0.39 is 0 Å². The zero-order valence-corrected chi connectivity index (χ0v) is 10.3. The van der Waals surface area contributed by atoms with E-state index in [0.29, 0.717) is 11.3 Å². The van der Waals surface area contributed by atoms with Crippen molar-refractivity contribution >= 4 is 11.6 Å². The third kappa shape index (κ3) is 3.63. The minimum atomic E-state index is -0.381. The Balaban J connectivity index is 1.99. The van der Waals surface area contributed by atoms with Gasteiger partial charge in [-0.3, -0.25) is 4.79 Å². The molecular weight excluding hydrogens is 245 g/mol. The molecule has 98 valence electrons. The maximum absolute atomic E-state index is 13.4. The molecule has 2 N–H and O–H groups in total. The van der Waals surface area contributed by atoms with E-state index in [1.165, 1.54) is 6.07 Å². The first-order valence-electron chi connectivity index (χ1n) is 5.92. The van der Waals surface area contributed by atoms with Crippen LogP contribution in [0.4, 0.5) is 10.1 Å². The summed E-state index contributed by atoms with van der Waals surface area (Å²) in [5, 5.41) is 11.6. The molecule has 1 amide bonds. The highest BCUT2D eigenvalue weighted by atomic mass is 19.1. The lowest BCUT2D eigenvalue weighted by Crippen LogP contribution is -2.15. The average molecular weight is 259 g/mol. The summed E-state index contributed by atoms with van der Waals surface area (Å²) in [5.41, 5.74) is 1.76. The normalized spacial score (nSPS) is 10.2. The molecule has 0 saturated carbocycles. The molecule has 0 fully saturated rings. The molecule has 2 rings (SSSR count). The molecule has 2 aromatic carbocycles. The predicted octanol–water partition coefficient (Wildman–Crippen LogP) is 2.50. The monoisotopic (exact) mass is 259 g/mol. The van der Waals surface area contributed by atoms with Crippen LogP contribution in [0.3, 0.4) is 0 Å². The van der Waals surface area contributed by atoms with Gasteiger partial charge in [-0.1, -0.05) is 30.3 Å². The smallest absolute Gasteiger partial charge is 0.228 e. The topological polar surface area (TPSA) is 49.3 Å². The Kier molecular flexibility index (Phi) is 4.26. The van der Waals surface area contributed by atoms with Crippen molar-refractivity contribution < 1.29 is 14.3 Å². The summed E-state index contributed by atoms with van der Waals surface area (Å²) < 4.78 is 13.4. The zero-order chi connectivity index (χ0) is 13.7. The number of amides is 1. The van der Waals surface area contributed by atoms with Gasteiger partial charge in [-0.2, -0.15) is 0 Å². The molecule has 0 spiro atoms. The molecule has 0 aliphatic heterocycles. The highest BCUT2D eigenvalue weighted by molar-refractivity contribution is 5.92. The number of hydrogen-bond acceptors (Lipinski definition) is 2. The molecule has 0 radical (unpaired) electrons. The molecule has 0 aliphatic rings. The molecule has 0 bridgehead atoms. The van der Waals surface area contributed by atoms with E-state index in [-0.39, 0.29) is 24.8 Å². The van der Waals surface area contributed by atoms with E-state index in [1.807, 2.05) is 0 Å². The second-order valence-electron chi connectivity index (χ2n) is 4.17. The molecular formula is C15H14FNO2. The first-order chi connectivity index (χ1) is 9.19. The second-order valence-corrected chi connectivity index (χ2v) is 4.17. The number of aliphatic hydroxyl groups is 1. The summed E-state index contributed by atoms with van der Waals surface area (Å²) in [6.07, 6.45) is -0.00553. The van der Waals surface area contributed by atoms with Crippen molar-refractivity contribution in [2.24, 2.45) is 0 Å². The minimum absolute atomic E-state index is 0.00553. The lowest BCUT2D eigenvalue weighted by atomic mass is 10.1. The summed E-state index contributed by atoms with van der Waals surface area (Å²) >= 11 is 0. The summed E-state index contributed by atoms with van der Waals surface area (Å²) in [7, 11) is 0. The van der Waals surface area contributed by atoms with Crippen LogP contribution in [0.25, 0.3) is 0 Å². The Morgan fingerprint density at radius 1 is 1.11 bits per heavy atom. The standard InChI is InChI=1S/C15H14FNO2/c16-14-4-2-1-3-12(14)9-15(19)17-13-7-5-11(10-18)6-8-13/h1-8,18H,9-10H2,(H,17,19). The van der Waals surface area contributed by atoms with Crippen molar-refractivity contribution in [1.29, 1.82) is 0 Å². The number of carbonyl (C=O) groups excluding carboxylic acids is 1. The van der Waals surface area contributed by atoms with Gasteiger partial charge in [-0.15, -0.1) is 0 Å². The van der Waals surface area contributed by atoms with E-state index in [9.17, 15) is 9.18 Å². The largest absolute Gasteiger partial charge is 0.392 e. The van der Waals surface area contributed by atoms with E-state index in [0.717, 1.165) is 5.56 Å². The number of halogens is 1. The third-order valence-electron chi connectivity index (χ3n) is 2.73. The summed E-state index contributed by atoms with van der Waals surface area (Å²) in [6, 6.07) is 13.0. The predicted molar refractivity (Wildman–Crippen MR) is 71.1 cm³/mol. The van der Waals surface area contributed by atoms with Crippen LogP contribution in [-0.2, 0) is 17.8 Å². The van der Waals surface area contributed by atoms with Gasteiger partial charge in [0.2, 0.25) is 5.91 Å². The van der Waals surface area contributed by atoms with Crippen LogP contribution < -0.4 is 5.32 Å². The maximum Gasteiger partial charge on any atom is 0.228 e. The SMILES string of the molecule is O=C(Cc1ccccc1F)Nc1ccc(CO)cc1. The number of rotatable bonds is 4. The maximum atomic E-state index is 13.4. The third-order valence-corrected chi connectivity index (χ3v) is 2.73. The lowest BCUT2D eigenvalue weighted by Gasteiger charge is -2.06. The van der Waals surface area contributed by atoms with Crippen LogP contribution in [0.5, 0.6) is 0 Å². The Hall–Kier alpha value is -2.20. The van der Waals surface area contributed by atoms with Crippen LogP contribution in [-0.4, -0.2) is 11.0 Å². The number of anilines is 1. The molecule has 0 aromatic heterocycles. The number of benzene rings is 2. The summed E-state index contributed by atoms with van der Waals surface area (Å²) in [6.45, 7) is -0.0382. The Bertz CT molecular complexity index is 567. The van der Waals surface area contributed by atoms with Gasteiger partial charge in [0, 0.05) is 5.69 Å². The van der Waals surface area contributed by atoms with E-state index >= 15 is 0 Å². The highest BCUT2D eigenvalue weighted by Crippen LogP contribution is 2.12. The minimum Gasteiger partial charge on any atom is -0.392 e. The number of aliphatic hydroxyl groups excluding tert-OH is 1. The van der Waals surface area contributed by atoms with Gasteiger partial charge in [0.1, 0.15) is 5.82 Å². The van der Waals surface area contributed by atoms with Crippen molar-refractivity contribution in [3.63, 3.8) is 0 Å². The van der Waals surface area contributed by atoms with Crippen LogP contribution in [0.2, 0.25) is 0 Å². The van der Waals surface area contributed by atoms with Gasteiger partial charge in [-0.25, -0.2) is 4.39 Å². The fourth-order valence-corrected chi connectivity index (χ4v) is 1.71. The molecule has 0 aliphatic carbocycles. The molecule has 0 unspecified atom stereocenters. The molecule has 19 heavy (non-hydrogen) atoms. The molecule has 2 aromatic rings. The van der Waals surface area contributed by atoms with Gasteiger partial charge in [0.25, 0.3) is 0 Å². The fourth-order valence-electron chi connectivity index (χ4n) is 1.71. The van der Waals surface area contributed by atoms with Gasteiger partial charge >= 0.3 is 0 Å². The Morgan fingerprint density at radius 2 is 1.79 bits per heavy atom. The Morgan fingerprint density at radius 3 is 2.42 bits per heavy atom. The van der Waals surface area contributed by atoms with E-state index in [2.05, 4.69) is 5.32 Å². The molecule has 0 atom stereocenters. The van der Waals surface area contributed by atoms with Gasteiger partial charge < -0.3 is 10.4 Å². The Labute approximate surface area is 110 Å². The van der Waals surface area contributed by atoms with Crippen molar-refractivity contribution in [3.05, 3.63) is 65.5 Å². The summed E-state index contributed by atoms with van der Waals surface area (Å²) in [5.74, 6) is -0.657. The number of carbonyl (C=O) groups is 1. The van der Waals surface area contributed by atoms with Crippen molar-refractivity contribution in [2.75, 3.05) is 5.32 Å². The van der Waals surface area contributed by atoms with E-state index in [1.54, 1.807) is 42.5 Å². The van der Waals surface area contributed by atoms with Crippen molar-refractivity contribution in [3.8, 4) is 0 Å². The van der Waals surface area contributed by atoms with Crippen LogP contribution in [0, 0.1) is 5.82 Å². The lowest BCUT2D eigenvalue weighted by molar-refractivity contribution is -0.115. The molecule has 0 heterocycles. The van der Waals surface area contributed by atoms with E-state index in [4.69, 9.17) is 5.11 Å². The van der Waals surface area contributed by atoms with Crippen LogP contribution in [0.1, 0.15) is 11.1 Å². The number of hydrogen-bond donors (Lipinski definition) is 2. The first-order valence-corrected chi connectivity index (χ1v) is 5.92. The average Bonchev–Trinajstić information content (AvgIpc) is 2.42. The molecule has 3 nitrogen and oxygen atoms in total. The molecule has 0 saturated heterocycles. The second kappa shape index (κ2) is 6.11. The van der Waals surface area contributed by atoms with Crippen LogP contribution >= 0.6 is 0 Å². The van der Waals surface area contributed by atoms with Gasteiger partial charge in [-0.05, 0) is 29.3 Å². The number of nitrogens with one attached hydrogen (secondary N) is 1. The summed E-state index contributed by atoms with van der Waals surface area (Å²) in [4.78, 5) is 11.8. The quantitative estimate of drug-likeness (QED) is 0.886. The first kappa shape index (κ1) is 13.2. The highest BCUT2D eigenvalue weighted by Gasteiger charge is 2.07. The zero-order valence-electron chi connectivity index (χ0n) is 10.3. The van der Waals surface area contributed by atoms with Crippen LogP contribution in [0.15, 0.2) is 48.5 Å². The molecule has 4 heteroatoms.